The Kier molecular flexibility index (Phi) is 4.56. The first-order valence-electron chi connectivity index (χ1n) is 9.86. The second-order valence-electron chi connectivity index (χ2n) is 8.12. The first kappa shape index (κ1) is 18.8. The van der Waals surface area contributed by atoms with Gasteiger partial charge in [0.15, 0.2) is 0 Å². The van der Waals surface area contributed by atoms with Crippen LogP contribution >= 0.6 is 0 Å². The molecule has 0 unspecified atom stereocenters. The van der Waals surface area contributed by atoms with Crippen LogP contribution < -0.4 is 4.74 Å². The number of carboxylic acids is 1. The quantitative estimate of drug-likeness (QED) is 0.855. The van der Waals surface area contributed by atoms with Gasteiger partial charge in [-0.25, -0.2) is 0 Å². The van der Waals surface area contributed by atoms with E-state index in [-0.39, 0.29) is 18.2 Å². The van der Waals surface area contributed by atoms with Crippen molar-refractivity contribution in [2.45, 2.75) is 44.1 Å². The van der Waals surface area contributed by atoms with Crippen LogP contribution in [0, 0.1) is 5.92 Å². The Bertz CT molecular complexity index is 841. The Hall–Kier alpha value is -2.57. The van der Waals surface area contributed by atoms with Crippen molar-refractivity contribution in [3.8, 4) is 5.75 Å². The van der Waals surface area contributed by atoms with Crippen LogP contribution in [0.15, 0.2) is 12.1 Å². The van der Waals surface area contributed by atoms with E-state index < -0.39 is 17.4 Å². The van der Waals surface area contributed by atoms with E-state index in [4.69, 9.17) is 4.74 Å². The topological polar surface area (TPSA) is 87.1 Å². The molecule has 1 spiro atoms. The van der Waals surface area contributed by atoms with E-state index in [1.807, 2.05) is 12.1 Å². The zero-order valence-electron chi connectivity index (χ0n) is 16.4. The number of carbonyl (C=O) groups excluding carboxylic acids is 2. The summed E-state index contributed by atoms with van der Waals surface area (Å²) in [4.78, 5) is 40.4. The normalized spacial score (nSPS) is 23.2. The number of methoxy groups -OCH3 is 1. The molecule has 0 saturated carbocycles. The van der Waals surface area contributed by atoms with Crippen molar-refractivity contribution in [1.29, 1.82) is 0 Å². The minimum absolute atomic E-state index is 0.0401. The molecule has 4 rings (SSSR count). The van der Waals surface area contributed by atoms with Gasteiger partial charge < -0.3 is 19.6 Å². The summed E-state index contributed by atoms with van der Waals surface area (Å²) < 4.78 is 5.48. The Labute approximate surface area is 164 Å². The maximum atomic E-state index is 13.2. The standard InChI is InChI=1S/C21H26N2O5/c1-22-18(24)12-16(20(26)27)21(22)6-8-23(9-7-21)19(25)15-10-13-4-3-5-14(13)11-17(15)28-2/h10-11,16H,3-9,12H2,1-2H3,(H,26,27)/t16-/m1/s1. The lowest BCUT2D eigenvalue weighted by Gasteiger charge is -2.45. The molecule has 0 radical (unpaired) electrons. The lowest BCUT2D eigenvalue weighted by Crippen LogP contribution is -2.57. The van der Waals surface area contributed by atoms with Gasteiger partial charge in [-0.1, -0.05) is 0 Å². The molecular formula is C21H26N2O5. The summed E-state index contributed by atoms with van der Waals surface area (Å²) in [5.41, 5.74) is 2.35. The minimum Gasteiger partial charge on any atom is -0.496 e. The van der Waals surface area contributed by atoms with Crippen molar-refractivity contribution < 1.29 is 24.2 Å². The van der Waals surface area contributed by atoms with Gasteiger partial charge in [-0.15, -0.1) is 0 Å². The van der Waals surface area contributed by atoms with E-state index in [9.17, 15) is 19.5 Å². The van der Waals surface area contributed by atoms with Crippen LogP contribution in [0.4, 0.5) is 0 Å². The first-order valence-corrected chi connectivity index (χ1v) is 9.86. The molecule has 0 bridgehead atoms. The second-order valence-corrected chi connectivity index (χ2v) is 8.12. The predicted molar refractivity (Wildman–Crippen MR) is 101 cm³/mol. The summed E-state index contributed by atoms with van der Waals surface area (Å²) in [6.07, 6.45) is 4.09. The highest BCUT2D eigenvalue weighted by Crippen LogP contribution is 2.43. The molecule has 1 aliphatic carbocycles. The molecular weight excluding hydrogens is 360 g/mol. The zero-order chi connectivity index (χ0) is 20.1. The van der Waals surface area contributed by atoms with Crippen molar-refractivity contribution >= 4 is 17.8 Å². The number of likely N-dealkylation sites (tertiary alicyclic amines) is 2. The Morgan fingerprint density at radius 3 is 2.43 bits per heavy atom. The third-order valence-corrected chi connectivity index (χ3v) is 6.93. The fourth-order valence-electron chi connectivity index (χ4n) is 5.19. The van der Waals surface area contributed by atoms with Gasteiger partial charge in [0.25, 0.3) is 5.91 Å². The molecule has 2 aliphatic heterocycles. The minimum atomic E-state index is -0.933. The maximum Gasteiger partial charge on any atom is 0.309 e. The number of hydrogen-bond donors (Lipinski definition) is 1. The van der Waals surface area contributed by atoms with Gasteiger partial charge in [0.1, 0.15) is 5.75 Å². The average Bonchev–Trinajstić information content (AvgIpc) is 3.25. The number of carboxylic acid groups (broad SMARTS) is 1. The number of fused-ring (bicyclic) bond motifs is 1. The van der Waals surface area contributed by atoms with E-state index in [1.165, 1.54) is 11.1 Å². The van der Waals surface area contributed by atoms with E-state index >= 15 is 0 Å². The Balaban J connectivity index is 1.55. The number of ether oxygens (including phenoxy) is 1. The average molecular weight is 386 g/mol. The molecule has 7 heteroatoms. The van der Waals surface area contributed by atoms with Crippen LogP contribution in [0.2, 0.25) is 0 Å². The first-order chi connectivity index (χ1) is 13.4. The molecule has 2 amide bonds. The number of amides is 2. The predicted octanol–water partition coefficient (Wildman–Crippen LogP) is 1.72. The molecule has 1 aromatic rings. The molecule has 2 heterocycles. The molecule has 1 atom stereocenters. The molecule has 150 valence electrons. The third kappa shape index (κ3) is 2.75. The largest absolute Gasteiger partial charge is 0.496 e. The molecule has 2 saturated heterocycles. The summed E-state index contributed by atoms with van der Waals surface area (Å²) in [6.45, 7) is 0.862. The van der Waals surface area contributed by atoms with Crippen LogP contribution in [-0.2, 0) is 22.4 Å². The lowest BCUT2D eigenvalue weighted by atomic mass is 9.77. The molecule has 1 N–H and O–H groups in total. The Morgan fingerprint density at radius 2 is 1.82 bits per heavy atom. The van der Waals surface area contributed by atoms with Crippen LogP contribution in [0.3, 0.4) is 0 Å². The van der Waals surface area contributed by atoms with Gasteiger partial charge in [0.05, 0.1) is 24.1 Å². The number of hydrogen-bond acceptors (Lipinski definition) is 4. The maximum absolute atomic E-state index is 13.2. The highest BCUT2D eigenvalue weighted by molar-refractivity contribution is 5.97. The number of piperidine rings is 1. The molecule has 1 aromatic carbocycles. The van der Waals surface area contributed by atoms with Gasteiger partial charge in [0, 0.05) is 26.6 Å². The van der Waals surface area contributed by atoms with Gasteiger partial charge >= 0.3 is 5.97 Å². The van der Waals surface area contributed by atoms with Crippen molar-refractivity contribution in [2.24, 2.45) is 5.92 Å². The second kappa shape index (κ2) is 6.79. The molecule has 7 nitrogen and oxygen atoms in total. The summed E-state index contributed by atoms with van der Waals surface area (Å²) >= 11 is 0. The smallest absolute Gasteiger partial charge is 0.309 e. The fraction of sp³-hybridized carbons (Fsp3) is 0.571. The highest BCUT2D eigenvalue weighted by atomic mass is 16.5. The van der Waals surface area contributed by atoms with E-state index in [0.29, 0.717) is 37.2 Å². The summed E-state index contributed by atoms with van der Waals surface area (Å²) in [6, 6.07) is 3.93. The van der Waals surface area contributed by atoms with Crippen molar-refractivity contribution in [3.05, 3.63) is 28.8 Å². The van der Waals surface area contributed by atoms with Gasteiger partial charge in [0.2, 0.25) is 5.91 Å². The van der Waals surface area contributed by atoms with E-state index in [1.54, 1.807) is 24.0 Å². The summed E-state index contributed by atoms with van der Waals surface area (Å²) in [5, 5.41) is 9.60. The summed E-state index contributed by atoms with van der Waals surface area (Å²) in [7, 11) is 3.27. The zero-order valence-corrected chi connectivity index (χ0v) is 16.4. The number of carbonyl (C=O) groups is 3. The van der Waals surface area contributed by atoms with E-state index in [2.05, 4.69) is 0 Å². The number of nitrogens with zero attached hydrogens (tertiary/aromatic N) is 2. The SMILES string of the molecule is COc1cc2c(cc1C(=O)N1CCC3(CC1)[C@@H](C(=O)O)CC(=O)N3C)CCC2. The van der Waals surface area contributed by atoms with Crippen molar-refractivity contribution in [1.82, 2.24) is 9.80 Å². The Morgan fingerprint density at radius 1 is 1.18 bits per heavy atom. The number of benzene rings is 1. The molecule has 0 aromatic heterocycles. The van der Waals surface area contributed by atoms with Crippen molar-refractivity contribution in [3.63, 3.8) is 0 Å². The lowest BCUT2D eigenvalue weighted by molar-refractivity contribution is -0.145. The molecule has 2 fully saturated rings. The van der Waals surface area contributed by atoms with Gasteiger partial charge in [-0.05, 0) is 55.4 Å². The van der Waals surface area contributed by atoms with Crippen LogP contribution in [0.5, 0.6) is 5.75 Å². The van der Waals surface area contributed by atoms with Gasteiger partial charge in [-0.2, -0.15) is 0 Å². The fourth-order valence-corrected chi connectivity index (χ4v) is 5.19. The van der Waals surface area contributed by atoms with Crippen LogP contribution in [0.1, 0.15) is 47.2 Å². The van der Waals surface area contributed by atoms with Crippen LogP contribution in [0.25, 0.3) is 0 Å². The van der Waals surface area contributed by atoms with Gasteiger partial charge in [-0.3, -0.25) is 14.4 Å². The van der Waals surface area contributed by atoms with E-state index in [0.717, 1.165) is 19.3 Å². The monoisotopic (exact) mass is 386 g/mol. The summed E-state index contributed by atoms with van der Waals surface area (Å²) in [5.74, 6) is -1.26. The molecule has 3 aliphatic rings. The highest BCUT2D eigenvalue weighted by Gasteiger charge is 2.55. The number of aliphatic carboxylic acids is 1. The molecule has 28 heavy (non-hydrogen) atoms. The third-order valence-electron chi connectivity index (χ3n) is 6.93. The number of rotatable bonds is 3. The van der Waals surface area contributed by atoms with Crippen LogP contribution in [-0.4, -0.2) is 65.5 Å². The van der Waals surface area contributed by atoms with Crippen molar-refractivity contribution in [2.75, 3.05) is 27.2 Å². The number of aryl methyl sites for hydroxylation is 2.